The van der Waals surface area contributed by atoms with Gasteiger partial charge in [-0.3, -0.25) is 10.1 Å². The molecule has 0 fully saturated rings. The maximum atomic E-state index is 10.6. The van der Waals surface area contributed by atoms with E-state index in [1.807, 2.05) is 30.3 Å². The predicted octanol–water partition coefficient (Wildman–Crippen LogP) is 3.55. The Labute approximate surface area is 111 Å². The molecule has 0 unspecified atom stereocenters. The summed E-state index contributed by atoms with van der Waals surface area (Å²) in [5, 5.41) is 13.8. The molecule has 1 atom stereocenters. The molecular weight excluding hydrogens is 242 g/mol. The van der Waals surface area contributed by atoms with Crippen LogP contribution in [0, 0.1) is 10.1 Å². The summed E-state index contributed by atoms with van der Waals surface area (Å²) in [6, 6.07) is 13.3. The van der Waals surface area contributed by atoms with E-state index in [-0.39, 0.29) is 11.7 Å². The van der Waals surface area contributed by atoms with E-state index >= 15 is 0 Å². The van der Waals surface area contributed by atoms with Gasteiger partial charge in [0, 0.05) is 6.07 Å². The first kappa shape index (κ1) is 13.0. The largest absolute Gasteiger partial charge is 0.363 e. The van der Waals surface area contributed by atoms with Crippen LogP contribution < -0.4 is 5.32 Å². The molecule has 0 aliphatic carbocycles. The molecule has 0 saturated heterocycles. The molecule has 98 valence electrons. The van der Waals surface area contributed by atoms with Crippen LogP contribution in [0.25, 0.3) is 0 Å². The number of nitrogens with zero attached hydrogens (tertiary/aromatic N) is 2. The van der Waals surface area contributed by atoms with Gasteiger partial charge in [-0.1, -0.05) is 37.3 Å². The van der Waals surface area contributed by atoms with Gasteiger partial charge in [0.15, 0.2) is 0 Å². The number of benzene rings is 1. The molecule has 1 aromatic heterocycles. The highest BCUT2D eigenvalue weighted by Gasteiger charge is 2.10. The van der Waals surface area contributed by atoms with Crippen LogP contribution in [0.2, 0.25) is 0 Å². The molecule has 1 N–H and O–H groups in total. The molecule has 19 heavy (non-hydrogen) atoms. The number of nitrogens with one attached hydrogen (secondary N) is 1. The molecule has 0 bridgehead atoms. The molecule has 1 aromatic carbocycles. The van der Waals surface area contributed by atoms with Crippen molar-refractivity contribution < 1.29 is 4.92 Å². The summed E-state index contributed by atoms with van der Waals surface area (Å²) in [7, 11) is 0. The van der Waals surface area contributed by atoms with E-state index < -0.39 is 4.92 Å². The first-order valence-electron chi connectivity index (χ1n) is 6.12. The van der Waals surface area contributed by atoms with Gasteiger partial charge in [0.1, 0.15) is 12.0 Å². The average Bonchev–Trinajstić information content (AvgIpc) is 2.46. The van der Waals surface area contributed by atoms with Crippen LogP contribution in [0.1, 0.15) is 24.9 Å². The Morgan fingerprint density at radius 3 is 2.53 bits per heavy atom. The monoisotopic (exact) mass is 257 g/mol. The fourth-order valence-electron chi connectivity index (χ4n) is 1.86. The van der Waals surface area contributed by atoms with Crippen molar-refractivity contribution in [2.45, 2.75) is 19.4 Å². The minimum Gasteiger partial charge on any atom is -0.363 e. The number of nitro groups is 1. The zero-order chi connectivity index (χ0) is 13.7. The van der Waals surface area contributed by atoms with Crippen molar-refractivity contribution in [1.82, 2.24) is 4.98 Å². The van der Waals surface area contributed by atoms with E-state index in [0.29, 0.717) is 5.82 Å². The van der Waals surface area contributed by atoms with Crippen LogP contribution in [0.15, 0.2) is 48.7 Å². The van der Waals surface area contributed by atoms with Gasteiger partial charge in [0.05, 0.1) is 11.0 Å². The number of pyridine rings is 1. The van der Waals surface area contributed by atoms with Gasteiger partial charge in [-0.15, -0.1) is 0 Å². The Bertz CT molecular complexity index is 540. The van der Waals surface area contributed by atoms with Gasteiger partial charge in [-0.25, -0.2) is 4.98 Å². The van der Waals surface area contributed by atoms with Crippen molar-refractivity contribution >= 4 is 11.5 Å². The summed E-state index contributed by atoms with van der Waals surface area (Å²) in [6.45, 7) is 2.08. The molecule has 2 aromatic rings. The van der Waals surface area contributed by atoms with E-state index in [9.17, 15) is 10.1 Å². The third kappa shape index (κ3) is 3.28. The van der Waals surface area contributed by atoms with Gasteiger partial charge >= 0.3 is 0 Å². The molecule has 1 heterocycles. The molecule has 5 nitrogen and oxygen atoms in total. The lowest BCUT2D eigenvalue weighted by atomic mass is 10.0. The lowest BCUT2D eigenvalue weighted by Crippen LogP contribution is -2.10. The highest BCUT2D eigenvalue weighted by Crippen LogP contribution is 2.22. The van der Waals surface area contributed by atoms with Crippen LogP contribution in [-0.4, -0.2) is 9.91 Å². The maximum absolute atomic E-state index is 10.6. The van der Waals surface area contributed by atoms with Crippen molar-refractivity contribution in [3.63, 3.8) is 0 Å². The third-order valence-electron chi connectivity index (χ3n) is 2.89. The number of rotatable bonds is 5. The first-order valence-corrected chi connectivity index (χ1v) is 6.12. The second-order valence-corrected chi connectivity index (χ2v) is 4.17. The Morgan fingerprint density at radius 2 is 2.00 bits per heavy atom. The van der Waals surface area contributed by atoms with E-state index in [1.54, 1.807) is 6.07 Å². The Hall–Kier alpha value is -2.43. The first-order chi connectivity index (χ1) is 9.20. The lowest BCUT2D eigenvalue weighted by molar-refractivity contribution is -0.385. The topological polar surface area (TPSA) is 68.1 Å². The second-order valence-electron chi connectivity index (χ2n) is 4.17. The Morgan fingerprint density at radius 1 is 1.26 bits per heavy atom. The van der Waals surface area contributed by atoms with Crippen molar-refractivity contribution in [3.05, 3.63) is 64.3 Å². The van der Waals surface area contributed by atoms with Crippen LogP contribution >= 0.6 is 0 Å². The quantitative estimate of drug-likeness (QED) is 0.657. The molecule has 0 radical (unpaired) electrons. The summed E-state index contributed by atoms with van der Waals surface area (Å²) in [6.07, 6.45) is 2.17. The summed E-state index contributed by atoms with van der Waals surface area (Å²) >= 11 is 0. The lowest BCUT2D eigenvalue weighted by Gasteiger charge is -2.17. The van der Waals surface area contributed by atoms with Crippen LogP contribution in [0.3, 0.4) is 0 Å². The number of anilines is 1. The van der Waals surface area contributed by atoms with Gasteiger partial charge in [0.2, 0.25) is 0 Å². The smallest absolute Gasteiger partial charge is 0.287 e. The average molecular weight is 257 g/mol. The Kier molecular flexibility index (Phi) is 4.07. The van der Waals surface area contributed by atoms with Crippen molar-refractivity contribution in [3.8, 4) is 0 Å². The predicted molar refractivity (Wildman–Crippen MR) is 74.0 cm³/mol. The standard InChI is InChI=1S/C14H15N3O2/c1-2-13(11-6-4-3-5-7-11)16-14-9-8-12(10-15-14)17(18)19/h3-10,13H,2H2,1H3,(H,15,16)/t13-/m0/s1. The molecule has 0 saturated carbocycles. The van der Waals surface area contributed by atoms with Crippen molar-refractivity contribution in [1.29, 1.82) is 0 Å². The van der Waals surface area contributed by atoms with Crippen LogP contribution in [-0.2, 0) is 0 Å². The molecule has 5 heteroatoms. The number of hydrogen-bond acceptors (Lipinski definition) is 4. The highest BCUT2D eigenvalue weighted by atomic mass is 16.6. The zero-order valence-corrected chi connectivity index (χ0v) is 10.6. The summed E-state index contributed by atoms with van der Waals surface area (Å²) < 4.78 is 0. The van der Waals surface area contributed by atoms with Crippen LogP contribution in [0.4, 0.5) is 11.5 Å². The van der Waals surface area contributed by atoms with E-state index in [4.69, 9.17) is 0 Å². The minimum atomic E-state index is -0.453. The SMILES string of the molecule is CC[C@H](Nc1ccc([N+](=O)[O-])cn1)c1ccccc1. The summed E-state index contributed by atoms with van der Waals surface area (Å²) in [4.78, 5) is 14.2. The maximum Gasteiger partial charge on any atom is 0.287 e. The van der Waals surface area contributed by atoms with Gasteiger partial charge in [-0.2, -0.15) is 0 Å². The van der Waals surface area contributed by atoms with Gasteiger partial charge < -0.3 is 5.32 Å². The molecule has 0 spiro atoms. The number of aromatic nitrogens is 1. The molecule has 0 aliphatic heterocycles. The normalized spacial score (nSPS) is 11.8. The molecule has 2 rings (SSSR count). The second kappa shape index (κ2) is 5.95. The van der Waals surface area contributed by atoms with E-state index in [0.717, 1.165) is 6.42 Å². The van der Waals surface area contributed by atoms with Crippen LogP contribution in [0.5, 0.6) is 0 Å². The number of hydrogen-bond donors (Lipinski definition) is 1. The van der Waals surface area contributed by atoms with E-state index in [1.165, 1.54) is 17.8 Å². The Balaban J connectivity index is 2.12. The highest BCUT2D eigenvalue weighted by molar-refractivity contribution is 5.42. The van der Waals surface area contributed by atoms with Gasteiger partial charge in [-0.05, 0) is 18.1 Å². The third-order valence-corrected chi connectivity index (χ3v) is 2.89. The molecular formula is C14H15N3O2. The fourth-order valence-corrected chi connectivity index (χ4v) is 1.86. The fraction of sp³-hybridized carbons (Fsp3) is 0.214. The summed E-state index contributed by atoms with van der Waals surface area (Å²) in [5.74, 6) is 0.640. The van der Waals surface area contributed by atoms with E-state index in [2.05, 4.69) is 17.2 Å². The van der Waals surface area contributed by atoms with Gasteiger partial charge in [0.25, 0.3) is 5.69 Å². The van der Waals surface area contributed by atoms with Crippen molar-refractivity contribution in [2.24, 2.45) is 0 Å². The molecule has 0 aliphatic rings. The zero-order valence-electron chi connectivity index (χ0n) is 10.6. The summed E-state index contributed by atoms with van der Waals surface area (Å²) in [5.41, 5.74) is 1.17. The molecule has 0 amide bonds. The van der Waals surface area contributed by atoms with Crippen molar-refractivity contribution in [2.75, 3.05) is 5.32 Å². The minimum absolute atomic E-state index is 0.00157.